The van der Waals surface area contributed by atoms with Crippen LogP contribution in [0.3, 0.4) is 0 Å². The molecule has 0 amide bonds. The van der Waals surface area contributed by atoms with E-state index in [1.807, 2.05) is 6.08 Å². The summed E-state index contributed by atoms with van der Waals surface area (Å²) in [5.74, 6) is 0. The predicted molar refractivity (Wildman–Crippen MR) is 64.3 cm³/mol. The monoisotopic (exact) mass is 188 g/mol. The van der Waals surface area contributed by atoms with Crippen LogP contribution in [0.5, 0.6) is 0 Å². The molecule has 0 radical (unpaired) electrons. The third-order valence-corrected chi connectivity index (χ3v) is 2.61. The summed E-state index contributed by atoms with van der Waals surface area (Å²) in [5, 5.41) is 0. The average Bonchev–Trinajstić information content (AvgIpc) is 2.19. The zero-order chi connectivity index (χ0) is 10.4. The Balaban J connectivity index is 2.79. The van der Waals surface area contributed by atoms with Crippen LogP contribution >= 0.6 is 0 Å². The molecule has 0 N–H and O–H groups in total. The maximum absolute atomic E-state index is 3.77. The van der Waals surface area contributed by atoms with E-state index in [0.29, 0.717) is 0 Å². The van der Waals surface area contributed by atoms with Gasteiger partial charge < -0.3 is 0 Å². The van der Waals surface area contributed by atoms with Crippen LogP contribution in [-0.2, 0) is 0 Å². The van der Waals surface area contributed by atoms with E-state index in [9.17, 15) is 0 Å². The van der Waals surface area contributed by atoms with Gasteiger partial charge in [0.2, 0.25) is 0 Å². The molecule has 0 aromatic heterocycles. The number of rotatable bonds is 4. The van der Waals surface area contributed by atoms with E-state index in [1.54, 1.807) is 0 Å². The lowest BCUT2D eigenvalue weighted by atomic mass is 9.91. The maximum Gasteiger partial charge on any atom is -0.0239 e. The minimum Gasteiger partial charge on any atom is -0.0991 e. The van der Waals surface area contributed by atoms with Gasteiger partial charge in [-0.05, 0) is 37.3 Å². The number of hydrogen-bond acceptors (Lipinski definition) is 0. The molecule has 0 saturated carbocycles. The fourth-order valence-corrected chi connectivity index (χ4v) is 1.77. The predicted octanol–water partition coefficient (Wildman–Crippen LogP) is 4.57. The molecular weight excluding hydrogens is 168 g/mol. The molecule has 0 aromatic carbocycles. The van der Waals surface area contributed by atoms with Gasteiger partial charge in [0.05, 0.1) is 0 Å². The summed E-state index contributed by atoms with van der Waals surface area (Å²) in [6.07, 6.45) is 13.4. The Bertz CT molecular complexity index is 285. The topological polar surface area (TPSA) is 0 Å². The molecule has 0 atom stereocenters. The van der Waals surface area contributed by atoms with Gasteiger partial charge in [-0.3, -0.25) is 0 Å². The molecule has 0 aromatic rings. The van der Waals surface area contributed by atoms with Crippen LogP contribution in [0, 0.1) is 0 Å². The van der Waals surface area contributed by atoms with Crippen molar-refractivity contribution in [1.82, 2.24) is 0 Å². The molecule has 14 heavy (non-hydrogen) atoms. The summed E-state index contributed by atoms with van der Waals surface area (Å²) in [5.41, 5.74) is 4.45. The van der Waals surface area contributed by atoms with Gasteiger partial charge in [-0.15, -0.1) is 0 Å². The van der Waals surface area contributed by atoms with Crippen LogP contribution in [0.1, 0.15) is 39.5 Å². The zero-order valence-electron chi connectivity index (χ0n) is 9.34. The average molecular weight is 188 g/mol. The summed E-state index contributed by atoms with van der Waals surface area (Å²) < 4.78 is 0. The zero-order valence-corrected chi connectivity index (χ0v) is 9.34. The van der Waals surface area contributed by atoms with Crippen molar-refractivity contribution in [2.24, 2.45) is 0 Å². The second-order valence-electron chi connectivity index (χ2n) is 3.88. The molecule has 1 rings (SSSR count). The molecule has 1 aliphatic rings. The Morgan fingerprint density at radius 2 is 2.21 bits per heavy atom. The van der Waals surface area contributed by atoms with E-state index < -0.39 is 0 Å². The van der Waals surface area contributed by atoms with Gasteiger partial charge in [0.1, 0.15) is 0 Å². The first kappa shape index (κ1) is 11.0. The normalized spacial score (nSPS) is 17.4. The van der Waals surface area contributed by atoms with Gasteiger partial charge >= 0.3 is 0 Å². The van der Waals surface area contributed by atoms with Crippen molar-refractivity contribution in [3.63, 3.8) is 0 Å². The molecule has 76 valence electrons. The third kappa shape index (κ3) is 3.02. The SMILES string of the molecule is C=C/C=C(\CCC)C1=CC=C(C)CC1. The van der Waals surface area contributed by atoms with Crippen LogP contribution in [0.4, 0.5) is 0 Å². The first-order valence-corrected chi connectivity index (χ1v) is 5.46. The van der Waals surface area contributed by atoms with Crippen molar-refractivity contribution < 1.29 is 0 Å². The van der Waals surface area contributed by atoms with E-state index in [1.165, 1.54) is 42.4 Å². The maximum atomic E-state index is 3.77. The van der Waals surface area contributed by atoms with Crippen molar-refractivity contribution in [3.05, 3.63) is 47.6 Å². The molecule has 1 aliphatic carbocycles. The molecule has 0 heteroatoms. The lowest BCUT2D eigenvalue weighted by molar-refractivity contribution is 0.852. The standard InChI is InChI=1S/C14H20/c1-4-6-13(7-5-2)14-10-8-12(3)9-11-14/h4,6,8,10H,1,5,7,9,11H2,2-3H3/b13-6+. The number of hydrogen-bond donors (Lipinski definition) is 0. The van der Waals surface area contributed by atoms with E-state index in [-0.39, 0.29) is 0 Å². The van der Waals surface area contributed by atoms with Crippen molar-refractivity contribution >= 4 is 0 Å². The van der Waals surface area contributed by atoms with Gasteiger partial charge in [-0.2, -0.15) is 0 Å². The summed E-state index contributed by atoms with van der Waals surface area (Å²) in [4.78, 5) is 0. The van der Waals surface area contributed by atoms with Crippen LogP contribution in [0.2, 0.25) is 0 Å². The Morgan fingerprint density at radius 3 is 2.71 bits per heavy atom. The quantitative estimate of drug-likeness (QED) is 0.567. The second-order valence-corrected chi connectivity index (χ2v) is 3.88. The van der Waals surface area contributed by atoms with E-state index in [0.717, 1.165) is 0 Å². The Kier molecular flexibility index (Phi) is 4.45. The molecule has 0 heterocycles. The van der Waals surface area contributed by atoms with Crippen LogP contribution in [0.25, 0.3) is 0 Å². The fraction of sp³-hybridized carbons (Fsp3) is 0.429. The van der Waals surface area contributed by atoms with Crippen molar-refractivity contribution in [1.29, 1.82) is 0 Å². The van der Waals surface area contributed by atoms with E-state index in [2.05, 4.69) is 38.7 Å². The highest BCUT2D eigenvalue weighted by molar-refractivity contribution is 5.39. The van der Waals surface area contributed by atoms with Gasteiger partial charge in [-0.1, -0.05) is 49.8 Å². The molecule has 0 saturated heterocycles. The van der Waals surface area contributed by atoms with Gasteiger partial charge in [0.15, 0.2) is 0 Å². The van der Waals surface area contributed by atoms with Gasteiger partial charge in [0.25, 0.3) is 0 Å². The van der Waals surface area contributed by atoms with Gasteiger partial charge in [-0.25, -0.2) is 0 Å². The minimum absolute atomic E-state index is 1.17. The highest BCUT2D eigenvalue weighted by Crippen LogP contribution is 2.26. The molecule has 0 fully saturated rings. The van der Waals surface area contributed by atoms with Crippen molar-refractivity contribution in [2.45, 2.75) is 39.5 Å². The molecule has 0 unspecified atom stereocenters. The van der Waals surface area contributed by atoms with Crippen molar-refractivity contribution in [2.75, 3.05) is 0 Å². The highest BCUT2D eigenvalue weighted by atomic mass is 14.1. The molecule has 0 bridgehead atoms. The summed E-state index contributed by atoms with van der Waals surface area (Å²) >= 11 is 0. The Hall–Kier alpha value is -1.04. The molecular formula is C14H20. The summed E-state index contributed by atoms with van der Waals surface area (Å²) in [6.45, 7) is 8.20. The first-order chi connectivity index (χ1) is 6.77. The highest BCUT2D eigenvalue weighted by Gasteiger charge is 2.06. The lowest BCUT2D eigenvalue weighted by Gasteiger charge is -2.14. The third-order valence-electron chi connectivity index (χ3n) is 2.61. The lowest BCUT2D eigenvalue weighted by Crippen LogP contribution is -1.95. The van der Waals surface area contributed by atoms with Crippen LogP contribution in [0.15, 0.2) is 47.6 Å². The van der Waals surface area contributed by atoms with E-state index in [4.69, 9.17) is 0 Å². The summed E-state index contributed by atoms with van der Waals surface area (Å²) in [6, 6.07) is 0. The Labute approximate surface area is 87.7 Å². The summed E-state index contributed by atoms with van der Waals surface area (Å²) in [7, 11) is 0. The molecule has 0 spiro atoms. The second kappa shape index (κ2) is 5.64. The van der Waals surface area contributed by atoms with Crippen LogP contribution in [-0.4, -0.2) is 0 Å². The molecule has 0 aliphatic heterocycles. The minimum atomic E-state index is 1.17. The fourth-order valence-electron chi connectivity index (χ4n) is 1.77. The number of allylic oxidation sites excluding steroid dienone is 7. The van der Waals surface area contributed by atoms with Crippen molar-refractivity contribution in [3.8, 4) is 0 Å². The van der Waals surface area contributed by atoms with Gasteiger partial charge in [0, 0.05) is 0 Å². The first-order valence-electron chi connectivity index (χ1n) is 5.46. The van der Waals surface area contributed by atoms with Crippen LogP contribution < -0.4 is 0 Å². The molecule has 0 nitrogen and oxygen atoms in total. The Morgan fingerprint density at radius 1 is 1.43 bits per heavy atom. The largest absolute Gasteiger partial charge is 0.0991 e. The van der Waals surface area contributed by atoms with E-state index >= 15 is 0 Å². The smallest absolute Gasteiger partial charge is 0.0239 e.